The molecule has 3 rings (SSSR count). The number of nitrogens with zero attached hydrogens (tertiary/aromatic N) is 2. The van der Waals surface area contributed by atoms with Crippen molar-refractivity contribution in [2.24, 2.45) is 0 Å². The van der Waals surface area contributed by atoms with Gasteiger partial charge in [-0.2, -0.15) is 11.3 Å². The average Bonchev–Trinajstić information content (AvgIpc) is 3.17. The number of nitro groups is 1. The van der Waals surface area contributed by atoms with Crippen molar-refractivity contribution in [2.75, 3.05) is 32.8 Å². The van der Waals surface area contributed by atoms with Crippen LogP contribution >= 0.6 is 11.3 Å². The summed E-state index contributed by atoms with van der Waals surface area (Å²) >= 11 is 1.62. The predicted octanol–water partition coefficient (Wildman–Crippen LogP) is 2.77. The van der Waals surface area contributed by atoms with Gasteiger partial charge in [0.2, 0.25) is 0 Å². The standard InChI is InChI=1S/C18H21N3O4S/c1-13-2-3-14(10-16(13)21(23)24)18(22)19-11-17(15-4-9-26-12-15)20-5-7-25-8-6-20/h2-4,9-10,12,17H,5-8,11H2,1H3,(H,19,22). The first-order valence-electron chi connectivity index (χ1n) is 8.43. The number of morpholine rings is 1. The van der Waals surface area contributed by atoms with Crippen LogP contribution in [0.15, 0.2) is 35.0 Å². The molecule has 1 aromatic carbocycles. The number of ether oxygens (including phenoxy) is 1. The number of nitrogens with one attached hydrogen (secondary N) is 1. The Morgan fingerprint density at radius 1 is 1.38 bits per heavy atom. The molecule has 0 radical (unpaired) electrons. The highest BCUT2D eigenvalue weighted by molar-refractivity contribution is 7.07. The van der Waals surface area contributed by atoms with Crippen molar-refractivity contribution < 1.29 is 14.5 Å². The number of hydrogen-bond donors (Lipinski definition) is 1. The topological polar surface area (TPSA) is 84.7 Å². The van der Waals surface area contributed by atoms with Gasteiger partial charge in [-0.3, -0.25) is 19.8 Å². The van der Waals surface area contributed by atoms with Crippen molar-refractivity contribution in [1.82, 2.24) is 10.2 Å². The van der Waals surface area contributed by atoms with Crippen LogP contribution in [0.4, 0.5) is 5.69 Å². The van der Waals surface area contributed by atoms with Gasteiger partial charge < -0.3 is 10.1 Å². The Labute approximate surface area is 155 Å². The number of benzene rings is 1. The van der Waals surface area contributed by atoms with E-state index in [1.807, 2.05) is 5.38 Å². The lowest BCUT2D eigenvalue weighted by molar-refractivity contribution is -0.385. The van der Waals surface area contributed by atoms with Crippen molar-refractivity contribution in [3.05, 3.63) is 61.8 Å². The van der Waals surface area contributed by atoms with E-state index in [9.17, 15) is 14.9 Å². The van der Waals surface area contributed by atoms with Gasteiger partial charge in [-0.25, -0.2) is 0 Å². The minimum Gasteiger partial charge on any atom is -0.379 e. The Kier molecular flexibility index (Phi) is 5.97. The number of carbonyl (C=O) groups is 1. The Hall–Kier alpha value is -2.29. The van der Waals surface area contributed by atoms with E-state index >= 15 is 0 Å². The predicted molar refractivity (Wildman–Crippen MR) is 99.6 cm³/mol. The lowest BCUT2D eigenvalue weighted by atomic mass is 10.1. The summed E-state index contributed by atoms with van der Waals surface area (Å²) in [6.07, 6.45) is 0. The molecule has 26 heavy (non-hydrogen) atoms. The van der Waals surface area contributed by atoms with Crippen LogP contribution in [0.25, 0.3) is 0 Å². The lowest BCUT2D eigenvalue weighted by Gasteiger charge is -2.34. The maximum atomic E-state index is 12.5. The molecule has 138 valence electrons. The van der Waals surface area contributed by atoms with Gasteiger partial charge in [-0.1, -0.05) is 6.07 Å². The molecule has 7 nitrogen and oxygen atoms in total. The molecule has 8 heteroatoms. The van der Waals surface area contributed by atoms with E-state index in [-0.39, 0.29) is 17.6 Å². The second kappa shape index (κ2) is 8.39. The van der Waals surface area contributed by atoms with Crippen LogP contribution < -0.4 is 5.32 Å². The molecule has 1 saturated heterocycles. The molecule has 0 aliphatic carbocycles. The number of rotatable bonds is 6. The average molecular weight is 375 g/mol. The third-order valence-electron chi connectivity index (χ3n) is 4.54. The molecule has 1 aliphatic heterocycles. The van der Waals surface area contributed by atoms with E-state index in [4.69, 9.17) is 4.74 Å². The molecule has 1 unspecified atom stereocenters. The quantitative estimate of drug-likeness (QED) is 0.620. The van der Waals surface area contributed by atoms with Gasteiger partial charge in [0.05, 0.1) is 24.2 Å². The van der Waals surface area contributed by atoms with E-state index in [2.05, 4.69) is 21.7 Å². The number of aryl methyl sites for hydroxylation is 1. The monoisotopic (exact) mass is 375 g/mol. The molecule has 0 saturated carbocycles. The van der Waals surface area contributed by atoms with Gasteiger partial charge in [-0.05, 0) is 35.4 Å². The van der Waals surface area contributed by atoms with Crippen molar-refractivity contribution in [1.29, 1.82) is 0 Å². The van der Waals surface area contributed by atoms with Gasteiger partial charge in [0, 0.05) is 36.8 Å². The second-order valence-corrected chi connectivity index (χ2v) is 6.97. The molecule has 0 bridgehead atoms. The molecule has 2 heterocycles. The molecule has 1 aliphatic rings. The number of carbonyl (C=O) groups excluding carboxylic acids is 1. The third kappa shape index (κ3) is 4.27. The highest BCUT2D eigenvalue weighted by Gasteiger charge is 2.24. The van der Waals surface area contributed by atoms with Crippen LogP contribution in [0, 0.1) is 17.0 Å². The van der Waals surface area contributed by atoms with Crippen molar-refractivity contribution in [3.63, 3.8) is 0 Å². The highest BCUT2D eigenvalue weighted by Crippen LogP contribution is 2.24. The van der Waals surface area contributed by atoms with Crippen LogP contribution in [-0.2, 0) is 4.74 Å². The largest absolute Gasteiger partial charge is 0.379 e. The SMILES string of the molecule is Cc1ccc(C(=O)NCC(c2ccsc2)N2CCOCC2)cc1[N+](=O)[O-]. The number of amides is 1. The zero-order valence-electron chi connectivity index (χ0n) is 14.5. The van der Waals surface area contributed by atoms with Crippen molar-refractivity contribution >= 4 is 22.9 Å². The Morgan fingerprint density at radius 2 is 2.15 bits per heavy atom. The molecule has 1 N–H and O–H groups in total. The highest BCUT2D eigenvalue weighted by atomic mass is 32.1. The van der Waals surface area contributed by atoms with E-state index in [0.29, 0.717) is 30.9 Å². The summed E-state index contributed by atoms with van der Waals surface area (Å²) in [5.41, 5.74) is 1.96. The van der Waals surface area contributed by atoms with E-state index in [1.54, 1.807) is 30.4 Å². The molecule has 1 aromatic heterocycles. The van der Waals surface area contributed by atoms with Gasteiger partial charge in [-0.15, -0.1) is 0 Å². The molecule has 1 atom stereocenters. The van der Waals surface area contributed by atoms with E-state index in [0.717, 1.165) is 18.7 Å². The second-order valence-electron chi connectivity index (χ2n) is 6.19. The zero-order chi connectivity index (χ0) is 18.5. The normalized spacial score (nSPS) is 16.2. The molecule has 0 spiro atoms. The zero-order valence-corrected chi connectivity index (χ0v) is 15.3. The van der Waals surface area contributed by atoms with Gasteiger partial charge in [0.25, 0.3) is 11.6 Å². The number of nitro benzene ring substituents is 1. The van der Waals surface area contributed by atoms with Gasteiger partial charge >= 0.3 is 0 Å². The number of hydrogen-bond acceptors (Lipinski definition) is 6. The third-order valence-corrected chi connectivity index (χ3v) is 5.24. The Balaban J connectivity index is 1.71. The maximum absolute atomic E-state index is 12.5. The smallest absolute Gasteiger partial charge is 0.273 e. The first-order valence-corrected chi connectivity index (χ1v) is 9.37. The van der Waals surface area contributed by atoms with Gasteiger partial charge in [0.1, 0.15) is 0 Å². The summed E-state index contributed by atoms with van der Waals surface area (Å²) in [5.74, 6) is -0.304. The molecule has 2 aromatic rings. The van der Waals surface area contributed by atoms with Crippen LogP contribution in [0.1, 0.15) is 27.5 Å². The van der Waals surface area contributed by atoms with Crippen LogP contribution in [0.2, 0.25) is 0 Å². The van der Waals surface area contributed by atoms with Crippen LogP contribution in [0.3, 0.4) is 0 Å². The summed E-state index contributed by atoms with van der Waals surface area (Å²) in [6.45, 7) is 5.08. The fraction of sp³-hybridized carbons (Fsp3) is 0.389. The van der Waals surface area contributed by atoms with E-state index < -0.39 is 4.92 Å². The molecule has 1 fully saturated rings. The fourth-order valence-corrected chi connectivity index (χ4v) is 3.76. The summed E-state index contributed by atoms with van der Waals surface area (Å²) in [7, 11) is 0. The summed E-state index contributed by atoms with van der Waals surface area (Å²) in [6, 6.07) is 6.68. The van der Waals surface area contributed by atoms with Crippen molar-refractivity contribution in [3.8, 4) is 0 Å². The summed E-state index contributed by atoms with van der Waals surface area (Å²) < 4.78 is 5.42. The maximum Gasteiger partial charge on any atom is 0.273 e. The Morgan fingerprint density at radius 3 is 2.81 bits per heavy atom. The van der Waals surface area contributed by atoms with E-state index in [1.165, 1.54) is 6.07 Å². The van der Waals surface area contributed by atoms with Gasteiger partial charge in [0.15, 0.2) is 0 Å². The minimum absolute atomic E-state index is 0.0415. The molecular formula is C18H21N3O4S. The molecular weight excluding hydrogens is 354 g/mol. The van der Waals surface area contributed by atoms with Crippen LogP contribution in [0.5, 0.6) is 0 Å². The summed E-state index contributed by atoms with van der Waals surface area (Å²) in [4.78, 5) is 25.4. The summed E-state index contributed by atoms with van der Waals surface area (Å²) in [5, 5.41) is 18.1. The lowest BCUT2D eigenvalue weighted by Crippen LogP contribution is -2.43. The minimum atomic E-state index is -0.464. The fourth-order valence-electron chi connectivity index (χ4n) is 3.05. The van der Waals surface area contributed by atoms with Crippen LogP contribution in [-0.4, -0.2) is 48.6 Å². The number of thiophene rings is 1. The Bertz CT molecular complexity index is 773. The first kappa shape index (κ1) is 18.5. The molecule has 1 amide bonds. The van der Waals surface area contributed by atoms with Crippen molar-refractivity contribution in [2.45, 2.75) is 13.0 Å². The first-order chi connectivity index (χ1) is 12.6.